The topological polar surface area (TPSA) is 29.1 Å². The van der Waals surface area contributed by atoms with E-state index in [1.165, 1.54) is 0 Å². The number of thioether (sulfide) groups is 1. The van der Waals surface area contributed by atoms with Gasteiger partial charge in [0.25, 0.3) is 0 Å². The van der Waals surface area contributed by atoms with Crippen molar-refractivity contribution in [1.82, 2.24) is 5.32 Å². The Labute approximate surface area is 90.2 Å². The van der Waals surface area contributed by atoms with Gasteiger partial charge in [-0.25, -0.2) is 0 Å². The standard InChI is InChI=1S/C11H17NOS/c1-2-3-4-5-7-12-11(13)10-6-8-14-9-10/h1,10H,3-9H2,(H,12,13). The molecule has 1 unspecified atom stereocenters. The third kappa shape index (κ3) is 4.06. The number of rotatable bonds is 5. The summed E-state index contributed by atoms with van der Waals surface area (Å²) in [6.07, 6.45) is 8.99. The van der Waals surface area contributed by atoms with E-state index in [1.54, 1.807) is 0 Å². The van der Waals surface area contributed by atoms with E-state index in [4.69, 9.17) is 6.42 Å². The van der Waals surface area contributed by atoms with Gasteiger partial charge in [0.2, 0.25) is 5.91 Å². The normalized spacial score (nSPS) is 20.4. The van der Waals surface area contributed by atoms with Gasteiger partial charge in [0.15, 0.2) is 0 Å². The molecule has 1 rings (SSSR count). The highest BCUT2D eigenvalue weighted by atomic mass is 32.2. The van der Waals surface area contributed by atoms with Crippen molar-refractivity contribution in [3.8, 4) is 12.3 Å². The molecule has 1 aliphatic heterocycles. The zero-order chi connectivity index (χ0) is 10.2. The minimum atomic E-state index is 0.232. The molecule has 1 fully saturated rings. The SMILES string of the molecule is C#CCCCCNC(=O)C1CCSC1. The van der Waals surface area contributed by atoms with E-state index in [-0.39, 0.29) is 11.8 Å². The second-order valence-corrected chi connectivity index (χ2v) is 4.66. The zero-order valence-corrected chi connectivity index (χ0v) is 9.24. The van der Waals surface area contributed by atoms with Crippen molar-refractivity contribution >= 4 is 17.7 Å². The summed E-state index contributed by atoms with van der Waals surface area (Å²) in [4.78, 5) is 11.5. The van der Waals surface area contributed by atoms with E-state index in [9.17, 15) is 4.79 Å². The highest BCUT2D eigenvalue weighted by Gasteiger charge is 2.22. The van der Waals surface area contributed by atoms with Gasteiger partial charge in [0.1, 0.15) is 0 Å². The fourth-order valence-electron chi connectivity index (χ4n) is 1.45. The number of carbonyl (C=O) groups is 1. The molecule has 0 aromatic heterocycles. The number of nitrogens with one attached hydrogen (secondary N) is 1. The molecule has 2 nitrogen and oxygen atoms in total. The second-order valence-electron chi connectivity index (χ2n) is 3.51. The van der Waals surface area contributed by atoms with Crippen LogP contribution in [0.2, 0.25) is 0 Å². The van der Waals surface area contributed by atoms with Crippen LogP contribution in [0.5, 0.6) is 0 Å². The molecule has 14 heavy (non-hydrogen) atoms. The van der Waals surface area contributed by atoms with Gasteiger partial charge < -0.3 is 5.32 Å². The van der Waals surface area contributed by atoms with Gasteiger partial charge in [-0.2, -0.15) is 11.8 Å². The third-order valence-electron chi connectivity index (χ3n) is 2.35. The van der Waals surface area contributed by atoms with Crippen molar-refractivity contribution < 1.29 is 4.79 Å². The Morgan fingerprint density at radius 3 is 3.07 bits per heavy atom. The lowest BCUT2D eigenvalue weighted by Crippen LogP contribution is -2.31. The molecule has 78 valence electrons. The Morgan fingerprint density at radius 1 is 1.57 bits per heavy atom. The van der Waals surface area contributed by atoms with Crippen LogP contribution >= 0.6 is 11.8 Å². The van der Waals surface area contributed by atoms with Gasteiger partial charge in [-0.3, -0.25) is 4.79 Å². The number of hydrogen-bond acceptors (Lipinski definition) is 2. The van der Waals surface area contributed by atoms with Crippen molar-refractivity contribution in [2.24, 2.45) is 5.92 Å². The molecule has 0 bridgehead atoms. The van der Waals surface area contributed by atoms with Crippen molar-refractivity contribution in [3.63, 3.8) is 0 Å². The molecule has 0 spiro atoms. The maximum absolute atomic E-state index is 11.5. The van der Waals surface area contributed by atoms with Crippen LogP contribution in [0.4, 0.5) is 0 Å². The molecule has 0 aromatic carbocycles. The first-order valence-electron chi connectivity index (χ1n) is 5.13. The smallest absolute Gasteiger partial charge is 0.223 e. The molecule has 1 atom stereocenters. The van der Waals surface area contributed by atoms with Crippen LogP contribution in [-0.4, -0.2) is 24.0 Å². The first-order valence-corrected chi connectivity index (χ1v) is 6.29. The average Bonchev–Trinajstić information content (AvgIpc) is 2.70. The lowest BCUT2D eigenvalue weighted by molar-refractivity contribution is -0.124. The number of hydrogen-bond donors (Lipinski definition) is 1. The van der Waals surface area contributed by atoms with Gasteiger partial charge in [-0.05, 0) is 25.0 Å². The quantitative estimate of drug-likeness (QED) is 0.553. The number of unbranched alkanes of at least 4 members (excludes halogenated alkanes) is 2. The molecule has 3 heteroatoms. The van der Waals surface area contributed by atoms with Crippen LogP contribution in [-0.2, 0) is 4.79 Å². The van der Waals surface area contributed by atoms with Crippen molar-refractivity contribution in [1.29, 1.82) is 0 Å². The van der Waals surface area contributed by atoms with Crippen LogP contribution in [0.3, 0.4) is 0 Å². The molecule has 0 radical (unpaired) electrons. The Morgan fingerprint density at radius 2 is 2.43 bits per heavy atom. The van der Waals surface area contributed by atoms with Gasteiger partial charge in [-0.15, -0.1) is 12.3 Å². The lowest BCUT2D eigenvalue weighted by Gasteiger charge is -2.08. The summed E-state index contributed by atoms with van der Waals surface area (Å²) in [5.41, 5.74) is 0. The van der Waals surface area contributed by atoms with Crippen molar-refractivity contribution in [2.75, 3.05) is 18.1 Å². The van der Waals surface area contributed by atoms with Crippen LogP contribution in [0.1, 0.15) is 25.7 Å². The monoisotopic (exact) mass is 211 g/mol. The first kappa shape index (κ1) is 11.5. The molecule has 1 saturated heterocycles. The summed E-state index contributed by atoms with van der Waals surface area (Å²) < 4.78 is 0. The van der Waals surface area contributed by atoms with Crippen LogP contribution in [0.25, 0.3) is 0 Å². The van der Waals surface area contributed by atoms with Gasteiger partial charge in [0.05, 0.1) is 0 Å². The highest BCUT2D eigenvalue weighted by molar-refractivity contribution is 7.99. The van der Waals surface area contributed by atoms with E-state index >= 15 is 0 Å². The van der Waals surface area contributed by atoms with Crippen molar-refractivity contribution in [3.05, 3.63) is 0 Å². The molecule has 0 aliphatic carbocycles. The summed E-state index contributed by atoms with van der Waals surface area (Å²) in [7, 11) is 0. The molecular weight excluding hydrogens is 194 g/mol. The van der Waals surface area contributed by atoms with E-state index < -0.39 is 0 Å². The highest BCUT2D eigenvalue weighted by Crippen LogP contribution is 2.23. The van der Waals surface area contributed by atoms with E-state index in [1.807, 2.05) is 11.8 Å². The van der Waals surface area contributed by atoms with E-state index in [0.29, 0.717) is 0 Å². The predicted molar refractivity (Wildman–Crippen MR) is 61.1 cm³/mol. The summed E-state index contributed by atoms with van der Waals surface area (Å²) in [6, 6.07) is 0. The maximum atomic E-state index is 11.5. The molecule has 0 saturated carbocycles. The largest absolute Gasteiger partial charge is 0.356 e. The van der Waals surface area contributed by atoms with Crippen molar-refractivity contribution in [2.45, 2.75) is 25.7 Å². The lowest BCUT2D eigenvalue weighted by atomic mass is 10.1. The van der Waals surface area contributed by atoms with Gasteiger partial charge in [0, 0.05) is 24.6 Å². The summed E-state index contributed by atoms with van der Waals surface area (Å²) in [5, 5.41) is 2.96. The fraction of sp³-hybridized carbons (Fsp3) is 0.727. The number of amides is 1. The van der Waals surface area contributed by atoms with Gasteiger partial charge in [-0.1, -0.05) is 0 Å². The summed E-state index contributed by atoms with van der Waals surface area (Å²) >= 11 is 1.87. The van der Waals surface area contributed by atoms with Gasteiger partial charge >= 0.3 is 0 Å². The minimum Gasteiger partial charge on any atom is -0.356 e. The number of carbonyl (C=O) groups excluding carboxylic acids is 1. The zero-order valence-electron chi connectivity index (χ0n) is 8.42. The first-order chi connectivity index (χ1) is 6.84. The summed E-state index contributed by atoms with van der Waals surface area (Å²) in [5.74, 6) is 5.21. The molecule has 0 aromatic rings. The van der Waals surface area contributed by atoms with Crippen LogP contribution < -0.4 is 5.32 Å². The molecule has 1 N–H and O–H groups in total. The van der Waals surface area contributed by atoms with E-state index in [0.717, 1.165) is 43.7 Å². The third-order valence-corrected chi connectivity index (χ3v) is 3.51. The van der Waals surface area contributed by atoms with E-state index in [2.05, 4.69) is 11.2 Å². The Kier molecular flexibility index (Phi) is 5.55. The maximum Gasteiger partial charge on any atom is 0.223 e. The minimum absolute atomic E-state index is 0.232. The molecule has 1 amide bonds. The Hall–Kier alpha value is -0.620. The molecular formula is C11H17NOS. The fourth-order valence-corrected chi connectivity index (χ4v) is 2.67. The molecule has 1 aliphatic rings. The molecule has 1 heterocycles. The number of terminal acetylenes is 1. The average molecular weight is 211 g/mol. The Balaban J connectivity index is 2.00. The second kappa shape index (κ2) is 6.78. The summed E-state index contributed by atoms with van der Waals surface area (Å²) in [6.45, 7) is 0.779. The Bertz CT molecular complexity index is 216. The van der Waals surface area contributed by atoms with Crippen LogP contribution in [0, 0.1) is 18.3 Å². The predicted octanol–water partition coefficient (Wildman–Crippen LogP) is 1.66. The van der Waals surface area contributed by atoms with Crippen LogP contribution in [0.15, 0.2) is 0 Å².